The summed E-state index contributed by atoms with van der Waals surface area (Å²) in [5.74, 6) is 0. The van der Waals surface area contributed by atoms with Crippen molar-refractivity contribution in [2.24, 2.45) is 5.73 Å². The quantitative estimate of drug-likeness (QED) is 0.737. The molecule has 0 aliphatic carbocycles. The summed E-state index contributed by atoms with van der Waals surface area (Å²) in [6, 6.07) is 0. The highest BCUT2D eigenvalue weighted by atomic mass is 32.2. The Morgan fingerprint density at radius 2 is 1.73 bits per heavy atom. The van der Waals surface area contributed by atoms with Gasteiger partial charge in [0.1, 0.15) is 0 Å². The molecule has 15 heavy (non-hydrogen) atoms. The molecule has 0 aromatic heterocycles. The van der Waals surface area contributed by atoms with Gasteiger partial charge < -0.3 is 5.73 Å². The fourth-order valence-corrected chi connectivity index (χ4v) is 2.16. The van der Waals surface area contributed by atoms with Gasteiger partial charge in [-0.2, -0.15) is 0 Å². The van der Waals surface area contributed by atoms with Crippen LogP contribution in [-0.4, -0.2) is 23.7 Å². The molecule has 0 heterocycles. The second-order valence-electron chi connectivity index (χ2n) is 4.77. The van der Waals surface area contributed by atoms with Crippen LogP contribution in [0, 0.1) is 0 Å². The first-order valence-electron chi connectivity index (χ1n) is 4.80. The van der Waals surface area contributed by atoms with Crippen LogP contribution in [0.15, 0.2) is 0 Å². The first kappa shape index (κ1) is 14.8. The Bertz CT molecular complexity index is 344. The van der Waals surface area contributed by atoms with Gasteiger partial charge in [0.2, 0.25) is 10.0 Å². The van der Waals surface area contributed by atoms with E-state index in [0.717, 1.165) is 0 Å². The van der Waals surface area contributed by atoms with Gasteiger partial charge >= 0.3 is 0 Å². The average molecular weight is 252 g/mol. The van der Waals surface area contributed by atoms with Crippen molar-refractivity contribution in [2.75, 3.05) is 0 Å². The SMILES string of the molecule is CCC(C)(NS(=O)(=O)C(C)(C)C)C(N)=S. The lowest BCUT2D eigenvalue weighted by atomic mass is 10.0. The molecule has 0 aromatic carbocycles. The van der Waals surface area contributed by atoms with Gasteiger partial charge in [-0.05, 0) is 34.1 Å². The third kappa shape index (κ3) is 3.39. The molecule has 0 rings (SSSR count). The molecule has 0 saturated heterocycles. The van der Waals surface area contributed by atoms with Crippen LogP contribution in [0.4, 0.5) is 0 Å². The van der Waals surface area contributed by atoms with Crippen LogP contribution in [0.25, 0.3) is 0 Å². The highest BCUT2D eigenvalue weighted by Crippen LogP contribution is 2.19. The summed E-state index contributed by atoms with van der Waals surface area (Å²) in [5.41, 5.74) is 4.69. The molecule has 0 aliphatic rings. The molecule has 1 unspecified atom stereocenters. The zero-order valence-corrected chi connectivity index (χ0v) is 11.6. The van der Waals surface area contributed by atoms with Gasteiger partial charge in [-0.1, -0.05) is 19.1 Å². The fourth-order valence-electron chi connectivity index (χ4n) is 0.746. The largest absolute Gasteiger partial charge is 0.392 e. The van der Waals surface area contributed by atoms with E-state index in [0.29, 0.717) is 6.42 Å². The Morgan fingerprint density at radius 3 is 1.93 bits per heavy atom. The predicted octanol–water partition coefficient (Wildman–Crippen LogP) is 1.16. The number of thiocarbonyl (C=S) groups is 1. The molecule has 1 atom stereocenters. The Hall–Kier alpha value is -0.200. The van der Waals surface area contributed by atoms with E-state index < -0.39 is 20.3 Å². The number of rotatable bonds is 4. The van der Waals surface area contributed by atoms with Crippen molar-refractivity contribution in [2.45, 2.75) is 51.3 Å². The van der Waals surface area contributed by atoms with E-state index in [1.807, 2.05) is 6.92 Å². The fraction of sp³-hybridized carbons (Fsp3) is 0.889. The number of hydrogen-bond acceptors (Lipinski definition) is 3. The maximum absolute atomic E-state index is 11.9. The molecule has 0 aliphatic heterocycles. The molecule has 0 radical (unpaired) electrons. The summed E-state index contributed by atoms with van der Waals surface area (Å²) < 4.78 is 25.5. The number of hydrogen-bond donors (Lipinski definition) is 2. The number of nitrogens with two attached hydrogens (primary N) is 1. The normalized spacial score (nSPS) is 17.1. The van der Waals surface area contributed by atoms with E-state index in [1.54, 1.807) is 27.7 Å². The molecule has 6 heteroatoms. The topological polar surface area (TPSA) is 72.2 Å². The second kappa shape index (κ2) is 4.35. The summed E-state index contributed by atoms with van der Waals surface area (Å²) >= 11 is 4.87. The summed E-state index contributed by atoms with van der Waals surface area (Å²) in [5, 5.41) is 0. The summed E-state index contributed by atoms with van der Waals surface area (Å²) in [7, 11) is -3.43. The van der Waals surface area contributed by atoms with Crippen molar-refractivity contribution in [3.8, 4) is 0 Å². The highest BCUT2D eigenvalue weighted by molar-refractivity contribution is 7.91. The van der Waals surface area contributed by atoms with Gasteiger partial charge in [0.05, 0.1) is 15.3 Å². The van der Waals surface area contributed by atoms with Crippen LogP contribution >= 0.6 is 12.2 Å². The van der Waals surface area contributed by atoms with Crippen LogP contribution in [0.3, 0.4) is 0 Å². The van der Waals surface area contributed by atoms with Gasteiger partial charge in [0.15, 0.2) is 0 Å². The Kier molecular flexibility index (Phi) is 4.29. The van der Waals surface area contributed by atoms with Crippen LogP contribution in [0.1, 0.15) is 41.0 Å². The molecule has 0 amide bonds. The van der Waals surface area contributed by atoms with E-state index in [9.17, 15) is 8.42 Å². The summed E-state index contributed by atoms with van der Waals surface area (Å²) in [6.45, 7) is 8.42. The predicted molar refractivity (Wildman–Crippen MR) is 67.3 cm³/mol. The molecule has 0 bridgehead atoms. The Balaban J connectivity index is 5.12. The van der Waals surface area contributed by atoms with Gasteiger partial charge in [-0.3, -0.25) is 0 Å². The maximum atomic E-state index is 11.9. The Labute approximate surface area is 97.7 Å². The lowest BCUT2D eigenvalue weighted by molar-refractivity contribution is 0.490. The first-order valence-corrected chi connectivity index (χ1v) is 6.69. The minimum atomic E-state index is -3.43. The molecular formula is C9H20N2O2S2. The van der Waals surface area contributed by atoms with Gasteiger partial charge in [-0.25, -0.2) is 13.1 Å². The summed E-state index contributed by atoms with van der Waals surface area (Å²) in [6.07, 6.45) is 0.525. The molecule has 0 fully saturated rings. The third-order valence-electron chi connectivity index (χ3n) is 2.42. The minimum Gasteiger partial charge on any atom is -0.392 e. The van der Waals surface area contributed by atoms with E-state index in [4.69, 9.17) is 18.0 Å². The van der Waals surface area contributed by atoms with Gasteiger partial charge in [0.25, 0.3) is 0 Å². The van der Waals surface area contributed by atoms with Crippen molar-refractivity contribution in [1.82, 2.24) is 4.72 Å². The van der Waals surface area contributed by atoms with Crippen LogP contribution in [-0.2, 0) is 10.0 Å². The molecule has 3 N–H and O–H groups in total. The van der Waals surface area contributed by atoms with E-state index in [1.165, 1.54) is 0 Å². The maximum Gasteiger partial charge on any atom is 0.217 e. The Morgan fingerprint density at radius 1 is 1.33 bits per heavy atom. The van der Waals surface area contributed by atoms with Gasteiger partial charge in [0, 0.05) is 0 Å². The average Bonchev–Trinajstić information content (AvgIpc) is 2.00. The first-order chi connectivity index (χ1) is 6.46. The van der Waals surface area contributed by atoms with E-state index in [2.05, 4.69) is 4.72 Å². The van der Waals surface area contributed by atoms with E-state index in [-0.39, 0.29) is 4.99 Å². The smallest absolute Gasteiger partial charge is 0.217 e. The molecule has 4 nitrogen and oxygen atoms in total. The van der Waals surface area contributed by atoms with Crippen molar-refractivity contribution in [1.29, 1.82) is 0 Å². The standard InChI is InChI=1S/C9H20N2O2S2/c1-6-9(5,7(10)14)11-15(12,13)8(2,3)4/h11H,6H2,1-5H3,(H2,10,14). The van der Waals surface area contributed by atoms with Crippen LogP contribution < -0.4 is 10.5 Å². The third-order valence-corrected chi connectivity index (χ3v) is 5.20. The second-order valence-corrected chi connectivity index (χ2v) is 7.64. The number of nitrogens with one attached hydrogen (secondary N) is 1. The zero-order valence-electron chi connectivity index (χ0n) is 9.92. The van der Waals surface area contributed by atoms with Crippen molar-refractivity contribution in [3.05, 3.63) is 0 Å². The minimum absolute atomic E-state index is 0.165. The molecule has 0 aromatic rings. The molecule has 0 saturated carbocycles. The lowest BCUT2D eigenvalue weighted by Gasteiger charge is -2.32. The van der Waals surface area contributed by atoms with Gasteiger partial charge in [-0.15, -0.1) is 0 Å². The highest BCUT2D eigenvalue weighted by Gasteiger charge is 2.37. The van der Waals surface area contributed by atoms with Crippen molar-refractivity contribution >= 4 is 27.2 Å². The van der Waals surface area contributed by atoms with Crippen molar-refractivity contribution in [3.63, 3.8) is 0 Å². The lowest BCUT2D eigenvalue weighted by Crippen LogP contribution is -2.57. The van der Waals surface area contributed by atoms with Crippen LogP contribution in [0.5, 0.6) is 0 Å². The zero-order chi connectivity index (χ0) is 12.5. The summed E-state index contributed by atoms with van der Waals surface area (Å²) in [4.78, 5) is 0.165. The van der Waals surface area contributed by atoms with Crippen LogP contribution in [0.2, 0.25) is 0 Å². The van der Waals surface area contributed by atoms with Crippen molar-refractivity contribution < 1.29 is 8.42 Å². The number of sulfonamides is 1. The van der Waals surface area contributed by atoms with E-state index >= 15 is 0 Å². The molecule has 90 valence electrons. The molecule has 0 spiro atoms. The monoisotopic (exact) mass is 252 g/mol. The molecular weight excluding hydrogens is 232 g/mol.